The Bertz CT molecular complexity index is 797. The molecule has 0 bridgehead atoms. The zero-order chi connectivity index (χ0) is 17.2. The van der Waals surface area contributed by atoms with Crippen LogP contribution >= 0.6 is 0 Å². The van der Waals surface area contributed by atoms with E-state index in [0.717, 1.165) is 12.5 Å². The molecule has 1 aliphatic heterocycles. The van der Waals surface area contributed by atoms with E-state index in [1.807, 2.05) is 0 Å². The lowest BCUT2D eigenvalue weighted by molar-refractivity contribution is 0.0880. The van der Waals surface area contributed by atoms with Gasteiger partial charge in [-0.1, -0.05) is 25.3 Å². The molecular formula is C20H26FN3O. The highest BCUT2D eigenvalue weighted by Crippen LogP contribution is 2.30. The van der Waals surface area contributed by atoms with Crippen LogP contribution in [0.25, 0.3) is 10.9 Å². The van der Waals surface area contributed by atoms with Gasteiger partial charge >= 0.3 is 0 Å². The van der Waals surface area contributed by atoms with Crippen molar-refractivity contribution in [3.63, 3.8) is 0 Å². The summed E-state index contributed by atoms with van der Waals surface area (Å²) >= 11 is 0. The molecule has 1 aromatic carbocycles. The standard InChI is InChI=1S/C20H26FN3O/c21-18-10-5-9-17-19(18)22-14-23(20(17)25)13-11-16-8-3-4-12-24(16)15-6-1-2-7-15/h5,9-10,14-16H,1-4,6-8,11-13H2/t16-/m1/s1. The van der Waals surface area contributed by atoms with Crippen LogP contribution in [0.2, 0.25) is 0 Å². The van der Waals surface area contributed by atoms with E-state index in [0.29, 0.717) is 18.0 Å². The lowest BCUT2D eigenvalue weighted by Crippen LogP contribution is -2.45. The highest BCUT2D eigenvalue weighted by Gasteiger charge is 2.30. The molecule has 1 aliphatic carbocycles. The van der Waals surface area contributed by atoms with Crippen LogP contribution in [-0.4, -0.2) is 33.1 Å². The lowest BCUT2D eigenvalue weighted by Gasteiger charge is -2.40. The molecule has 0 amide bonds. The second-order valence-corrected chi connectivity index (χ2v) is 7.49. The third-order valence-corrected chi connectivity index (χ3v) is 5.97. The quantitative estimate of drug-likeness (QED) is 0.849. The topological polar surface area (TPSA) is 38.1 Å². The molecule has 2 fully saturated rings. The molecule has 2 aliphatic rings. The molecule has 1 atom stereocenters. The highest BCUT2D eigenvalue weighted by molar-refractivity contribution is 5.77. The van der Waals surface area contributed by atoms with Crippen LogP contribution in [-0.2, 0) is 6.54 Å². The smallest absolute Gasteiger partial charge is 0.261 e. The number of nitrogens with zero attached hydrogens (tertiary/aromatic N) is 3. The predicted molar refractivity (Wildman–Crippen MR) is 97.2 cm³/mol. The van der Waals surface area contributed by atoms with E-state index in [1.54, 1.807) is 16.7 Å². The Morgan fingerprint density at radius 1 is 1.12 bits per heavy atom. The number of halogens is 1. The number of aryl methyl sites for hydroxylation is 1. The second-order valence-electron chi connectivity index (χ2n) is 7.49. The van der Waals surface area contributed by atoms with Gasteiger partial charge in [-0.15, -0.1) is 0 Å². The summed E-state index contributed by atoms with van der Waals surface area (Å²) in [6.07, 6.45) is 11.6. The van der Waals surface area contributed by atoms with Gasteiger partial charge in [0.25, 0.3) is 5.56 Å². The predicted octanol–water partition coefficient (Wildman–Crippen LogP) is 3.72. The average molecular weight is 343 g/mol. The molecule has 1 saturated carbocycles. The molecule has 1 saturated heterocycles. The van der Waals surface area contributed by atoms with Crippen LogP contribution in [0.1, 0.15) is 51.4 Å². The minimum absolute atomic E-state index is 0.132. The Hall–Kier alpha value is -1.75. The SMILES string of the molecule is O=c1c2cccc(F)c2ncn1CC[C@H]1CCCCN1C1CCCC1. The number of piperidine rings is 1. The van der Waals surface area contributed by atoms with Crippen molar-refractivity contribution in [2.45, 2.75) is 70.0 Å². The Kier molecular flexibility index (Phi) is 4.84. The summed E-state index contributed by atoms with van der Waals surface area (Å²) in [6.45, 7) is 1.86. The van der Waals surface area contributed by atoms with Crippen LogP contribution in [0.5, 0.6) is 0 Å². The van der Waals surface area contributed by atoms with Crippen LogP contribution in [0.3, 0.4) is 0 Å². The molecule has 4 nitrogen and oxygen atoms in total. The van der Waals surface area contributed by atoms with Crippen molar-refractivity contribution < 1.29 is 4.39 Å². The number of hydrogen-bond donors (Lipinski definition) is 0. The van der Waals surface area contributed by atoms with Crippen molar-refractivity contribution in [2.24, 2.45) is 0 Å². The molecule has 5 heteroatoms. The van der Waals surface area contributed by atoms with E-state index in [-0.39, 0.29) is 11.1 Å². The van der Waals surface area contributed by atoms with Gasteiger partial charge in [-0.05, 0) is 50.8 Å². The first-order chi connectivity index (χ1) is 12.2. The number of hydrogen-bond acceptors (Lipinski definition) is 3. The molecule has 25 heavy (non-hydrogen) atoms. The van der Waals surface area contributed by atoms with Crippen LogP contribution in [0.15, 0.2) is 29.3 Å². The summed E-state index contributed by atoms with van der Waals surface area (Å²) in [5, 5.41) is 0.374. The Morgan fingerprint density at radius 2 is 1.92 bits per heavy atom. The lowest BCUT2D eigenvalue weighted by atomic mass is 9.96. The fraction of sp³-hybridized carbons (Fsp3) is 0.600. The maximum atomic E-state index is 13.8. The summed E-state index contributed by atoms with van der Waals surface area (Å²) in [7, 11) is 0. The van der Waals surface area contributed by atoms with Gasteiger partial charge in [0, 0.05) is 18.6 Å². The van der Waals surface area contributed by atoms with Gasteiger partial charge in [0.2, 0.25) is 0 Å². The van der Waals surface area contributed by atoms with Gasteiger partial charge in [-0.3, -0.25) is 14.3 Å². The number of likely N-dealkylation sites (tertiary alicyclic amines) is 1. The average Bonchev–Trinajstić information content (AvgIpc) is 3.17. The molecule has 4 rings (SSSR count). The molecule has 1 aromatic heterocycles. The molecular weight excluding hydrogens is 317 g/mol. The van der Waals surface area contributed by atoms with E-state index in [2.05, 4.69) is 9.88 Å². The molecule has 2 heterocycles. The maximum absolute atomic E-state index is 13.8. The summed E-state index contributed by atoms with van der Waals surface area (Å²) in [5.74, 6) is -0.429. The van der Waals surface area contributed by atoms with Gasteiger partial charge in [0.1, 0.15) is 11.3 Å². The van der Waals surface area contributed by atoms with Crippen molar-refractivity contribution in [1.29, 1.82) is 0 Å². The fourth-order valence-corrected chi connectivity index (χ4v) is 4.65. The number of aromatic nitrogens is 2. The number of benzene rings is 1. The van der Waals surface area contributed by atoms with Crippen molar-refractivity contribution in [1.82, 2.24) is 14.5 Å². The summed E-state index contributed by atoms with van der Waals surface area (Å²) in [6, 6.07) is 5.89. The van der Waals surface area contributed by atoms with E-state index < -0.39 is 5.82 Å². The number of rotatable bonds is 4. The van der Waals surface area contributed by atoms with Gasteiger partial charge in [-0.2, -0.15) is 0 Å². The van der Waals surface area contributed by atoms with Gasteiger partial charge in [0.15, 0.2) is 0 Å². The first kappa shape index (κ1) is 16.7. The first-order valence-electron chi connectivity index (χ1n) is 9.63. The van der Waals surface area contributed by atoms with Crippen molar-refractivity contribution in [3.8, 4) is 0 Å². The fourth-order valence-electron chi connectivity index (χ4n) is 4.65. The summed E-state index contributed by atoms with van der Waals surface area (Å²) in [5.41, 5.74) is 0.0433. The third-order valence-electron chi connectivity index (χ3n) is 5.97. The Morgan fingerprint density at radius 3 is 2.76 bits per heavy atom. The van der Waals surface area contributed by atoms with Crippen molar-refractivity contribution in [2.75, 3.05) is 6.54 Å². The monoisotopic (exact) mass is 343 g/mol. The van der Waals surface area contributed by atoms with E-state index in [1.165, 1.54) is 63.9 Å². The number of fused-ring (bicyclic) bond motifs is 1. The molecule has 0 spiro atoms. The van der Waals surface area contributed by atoms with Crippen molar-refractivity contribution >= 4 is 10.9 Å². The third kappa shape index (κ3) is 3.34. The molecule has 2 aromatic rings. The zero-order valence-corrected chi connectivity index (χ0v) is 14.7. The van der Waals surface area contributed by atoms with Gasteiger partial charge in [0.05, 0.1) is 11.7 Å². The molecule has 0 N–H and O–H groups in total. The van der Waals surface area contributed by atoms with Gasteiger partial charge < -0.3 is 0 Å². The normalized spacial score (nSPS) is 22.7. The number of para-hydroxylation sites is 1. The second kappa shape index (κ2) is 7.24. The largest absolute Gasteiger partial charge is 0.299 e. The van der Waals surface area contributed by atoms with E-state index in [4.69, 9.17) is 0 Å². The van der Waals surface area contributed by atoms with Gasteiger partial charge in [-0.25, -0.2) is 9.37 Å². The first-order valence-corrected chi connectivity index (χ1v) is 9.63. The van der Waals surface area contributed by atoms with E-state index in [9.17, 15) is 9.18 Å². The summed E-state index contributed by atoms with van der Waals surface area (Å²) in [4.78, 5) is 19.5. The molecule has 0 unspecified atom stereocenters. The van der Waals surface area contributed by atoms with E-state index >= 15 is 0 Å². The maximum Gasteiger partial charge on any atom is 0.261 e. The Balaban J connectivity index is 1.51. The Labute approximate surface area is 147 Å². The van der Waals surface area contributed by atoms with Crippen LogP contribution in [0.4, 0.5) is 4.39 Å². The van der Waals surface area contributed by atoms with Crippen LogP contribution in [0, 0.1) is 5.82 Å². The highest BCUT2D eigenvalue weighted by atomic mass is 19.1. The molecule has 0 radical (unpaired) electrons. The minimum Gasteiger partial charge on any atom is -0.299 e. The molecule has 134 valence electrons. The summed E-state index contributed by atoms with van der Waals surface area (Å²) < 4.78 is 15.4. The zero-order valence-electron chi connectivity index (χ0n) is 14.7. The van der Waals surface area contributed by atoms with Crippen LogP contribution < -0.4 is 5.56 Å². The minimum atomic E-state index is -0.429. The van der Waals surface area contributed by atoms with Crippen molar-refractivity contribution in [3.05, 3.63) is 40.7 Å².